The summed E-state index contributed by atoms with van der Waals surface area (Å²) >= 11 is 5.93. The lowest BCUT2D eigenvalue weighted by Gasteiger charge is -2.09. The van der Waals surface area contributed by atoms with Crippen LogP contribution in [-0.4, -0.2) is 24.1 Å². The number of hydrogen-bond donors (Lipinski definition) is 2. The number of carbonyl (C=O) groups is 2. The highest BCUT2D eigenvalue weighted by Gasteiger charge is 2.09. The maximum Gasteiger partial charge on any atom is 0.291 e. The van der Waals surface area contributed by atoms with Gasteiger partial charge in [0, 0.05) is 17.1 Å². The number of benzene rings is 2. The second-order valence-electron chi connectivity index (χ2n) is 7.10. The van der Waals surface area contributed by atoms with Crippen molar-refractivity contribution in [3.63, 3.8) is 0 Å². The fourth-order valence-corrected chi connectivity index (χ4v) is 3.08. The first-order valence-corrected chi connectivity index (χ1v) is 10.5. The van der Waals surface area contributed by atoms with Crippen LogP contribution in [0, 0.1) is 6.92 Å². The summed E-state index contributed by atoms with van der Waals surface area (Å²) < 4.78 is 10.8. The molecule has 0 saturated carbocycles. The summed E-state index contributed by atoms with van der Waals surface area (Å²) in [5, 5.41) is 7.55. The predicted octanol–water partition coefficient (Wildman–Crippen LogP) is 5.19. The lowest BCUT2D eigenvalue weighted by atomic mass is 10.1. The lowest BCUT2D eigenvalue weighted by molar-refractivity contribution is -0.121. The van der Waals surface area contributed by atoms with E-state index in [0.717, 1.165) is 16.9 Å². The summed E-state index contributed by atoms with van der Waals surface area (Å²) in [6.45, 7) is 4.14. The largest absolute Gasteiger partial charge is 0.493 e. The Balaban J connectivity index is 1.42. The maximum absolute atomic E-state index is 12.0. The van der Waals surface area contributed by atoms with E-state index in [1.165, 1.54) is 6.26 Å². The van der Waals surface area contributed by atoms with E-state index in [-0.39, 0.29) is 17.6 Å². The highest BCUT2D eigenvalue weighted by atomic mass is 35.5. The zero-order chi connectivity index (χ0) is 22.9. The number of ether oxygens (including phenoxy) is 1. The Morgan fingerprint density at radius 2 is 1.91 bits per heavy atom. The summed E-state index contributed by atoms with van der Waals surface area (Å²) in [6, 6.07) is 15.8. The topological polar surface area (TPSA) is 92.9 Å². The molecular weight excluding hydrogens is 430 g/mol. The van der Waals surface area contributed by atoms with Gasteiger partial charge in [0.25, 0.3) is 5.91 Å². The SMILES string of the molecule is C/C(=N\NC(=O)CCCOc1ccc(Cl)cc1C)c1ccc(NC(=O)c2ccco2)cc1. The number of furan rings is 1. The zero-order valence-electron chi connectivity index (χ0n) is 17.9. The summed E-state index contributed by atoms with van der Waals surface area (Å²) in [6.07, 6.45) is 2.30. The minimum atomic E-state index is -0.324. The molecule has 0 radical (unpaired) electrons. The Morgan fingerprint density at radius 1 is 1.12 bits per heavy atom. The highest BCUT2D eigenvalue weighted by molar-refractivity contribution is 6.30. The number of anilines is 1. The fraction of sp³-hybridized carbons (Fsp3) is 0.208. The molecule has 166 valence electrons. The van der Waals surface area contributed by atoms with Crippen molar-refractivity contribution in [1.82, 2.24) is 5.43 Å². The van der Waals surface area contributed by atoms with Gasteiger partial charge in [-0.25, -0.2) is 5.43 Å². The number of halogens is 1. The van der Waals surface area contributed by atoms with Crippen LogP contribution in [0.15, 0.2) is 70.4 Å². The minimum Gasteiger partial charge on any atom is -0.493 e. The molecule has 3 aromatic rings. The molecule has 2 aromatic carbocycles. The first kappa shape index (κ1) is 23.1. The summed E-state index contributed by atoms with van der Waals surface area (Å²) in [5.41, 5.74) is 5.61. The number of hydrazone groups is 1. The van der Waals surface area contributed by atoms with Gasteiger partial charge in [-0.2, -0.15) is 5.10 Å². The number of nitrogens with zero attached hydrogens (tertiary/aromatic N) is 1. The number of rotatable bonds is 9. The number of hydrogen-bond acceptors (Lipinski definition) is 5. The molecule has 3 rings (SSSR count). The van der Waals surface area contributed by atoms with E-state index in [0.29, 0.717) is 35.9 Å². The molecule has 2 N–H and O–H groups in total. The maximum atomic E-state index is 12.0. The van der Waals surface area contributed by atoms with Gasteiger partial charge >= 0.3 is 0 Å². The summed E-state index contributed by atoms with van der Waals surface area (Å²) in [7, 11) is 0. The van der Waals surface area contributed by atoms with E-state index < -0.39 is 0 Å². The van der Waals surface area contributed by atoms with E-state index >= 15 is 0 Å². The van der Waals surface area contributed by atoms with E-state index in [4.69, 9.17) is 20.8 Å². The lowest BCUT2D eigenvalue weighted by Crippen LogP contribution is -2.19. The normalized spacial score (nSPS) is 11.2. The molecule has 0 fully saturated rings. The van der Waals surface area contributed by atoms with Crippen molar-refractivity contribution in [2.45, 2.75) is 26.7 Å². The molecule has 0 saturated heterocycles. The van der Waals surface area contributed by atoms with Crippen LogP contribution in [-0.2, 0) is 4.79 Å². The fourth-order valence-electron chi connectivity index (χ4n) is 2.85. The smallest absolute Gasteiger partial charge is 0.291 e. The van der Waals surface area contributed by atoms with Crippen LogP contribution >= 0.6 is 11.6 Å². The van der Waals surface area contributed by atoms with Crippen molar-refractivity contribution in [3.8, 4) is 5.75 Å². The van der Waals surface area contributed by atoms with Crippen molar-refractivity contribution in [2.75, 3.05) is 11.9 Å². The van der Waals surface area contributed by atoms with Gasteiger partial charge in [0.1, 0.15) is 5.75 Å². The third-order valence-electron chi connectivity index (χ3n) is 4.60. The summed E-state index contributed by atoms with van der Waals surface area (Å²) in [5.74, 6) is 0.481. The molecule has 0 spiro atoms. The quantitative estimate of drug-likeness (QED) is 0.265. The Kier molecular flexibility index (Phi) is 8.05. The molecule has 0 atom stereocenters. The average molecular weight is 454 g/mol. The Bertz CT molecular complexity index is 1090. The third kappa shape index (κ3) is 6.72. The van der Waals surface area contributed by atoms with Gasteiger partial charge in [-0.1, -0.05) is 23.7 Å². The molecule has 8 heteroatoms. The van der Waals surface area contributed by atoms with Crippen molar-refractivity contribution in [1.29, 1.82) is 0 Å². The third-order valence-corrected chi connectivity index (χ3v) is 4.83. The number of amides is 2. The van der Waals surface area contributed by atoms with E-state index in [2.05, 4.69) is 15.8 Å². The van der Waals surface area contributed by atoms with Crippen molar-refractivity contribution in [2.24, 2.45) is 5.10 Å². The molecule has 0 aliphatic rings. The molecule has 0 bridgehead atoms. The molecule has 0 unspecified atom stereocenters. The first-order valence-electron chi connectivity index (χ1n) is 10.1. The number of carbonyl (C=O) groups excluding carboxylic acids is 2. The van der Waals surface area contributed by atoms with Crippen molar-refractivity contribution < 1.29 is 18.7 Å². The van der Waals surface area contributed by atoms with Gasteiger partial charge < -0.3 is 14.5 Å². The Morgan fingerprint density at radius 3 is 2.59 bits per heavy atom. The molecule has 32 heavy (non-hydrogen) atoms. The van der Waals surface area contributed by atoms with Gasteiger partial charge in [0.15, 0.2) is 5.76 Å². The first-order chi connectivity index (χ1) is 15.4. The van der Waals surface area contributed by atoms with Crippen LogP contribution in [0.2, 0.25) is 5.02 Å². The second kappa shape index (κ2) is 11.2. The summed E-state index contributed by atoms with van der Waals surface area (Å²) in [4.78, 5) is 24.0. The van der Waals surface area contributed by atoms with Gasteiger partial charge in [-0.15, -0.1) is 0 Å². The van der Waals surface area contributed by atoms with E-state index in [9.17, 15) is 9.59 Å². The standard InChI is InChI=1S/C24H24ClN3O4/c1-16-15-19(25)9-12-21(16)31-14-4-6-23(29)28-27-17(2)18-7-10-20(11-8-18)26-24(30)22-5-3-13-32-22/h3,5,7-13,15H,4,6,14H2,1-2H3,(H,26,30)(H,28,29)/b27-17+. The number of nitrogens with one attached hydrogen (secondary N) is 2. The van der Waals surface area contributed by atoms with E-state index in [1.54, 1.807) is 37.3 Å². The van der Waals surface area contributed by atoms with Crippen LogP contribution in [0.4, 0.5) is 5.69 Å². The molecule has 0 aliphatic heterocycles. The molecule has 1 heterocycles. The second-order valence-corrected chi connectivity index (χ2v) is 7.54. The molecule has 2 amide bonds. The van der Waals surface area contributed by atoms with E-state index in [1.807, 2.05) is 31.2 Å². The van der Waals surface area contributed by atoms with Crippen LogP contribution in [0.1, 0.15) is 41.4 Å². The number of aryl methyl sites for hydroxylation is 1. The zero-order valence-corrected chi connectivity index (χ0v) is 18.6. The van der Waals surface area contributed by atoms with Crippen molar-refractivity contribution >= 4 is 34.8 Å². The van der Waals surface area contributed by atoms with Crippen LogP contribution < -0.4 is 15.5 Å². The monoisotopic (exact) mass is 453 g/mol. The molecule has 7 nitrogen and oxygen atoms in total. The van der Waals surface area contributed by atoms with Crippen LogP contribution in [0.3, 0.4) is 0 Å². The van der Waals surface area contributed by atoms with Gasteiger partial charge in [0.05, 0.1) is 18.6 Å². The van der Waals surface area contributed by atoms with Crippen LogP contribution in [0.5, 0.6) is 5.75 Å². The van der Waals surface area contributed by atoms with Crippen LogP contribution in [0.25, 0.3) is 0 Å². The van der Waals surface area contributed by atoms with Crippen molar-refractivity contribution in [3.05, 3.63) is 82.8 Å². The highest BCUT2D eigenvalue weighted by Crippen LogP contribution is 2.22. The molecule has 0 aliphatic carbocycles. The van der Waals surface area contributed by atoms with Gasteiger partial charge in [-0.3, -0.25) is 9.59 Å². The molecule has 1 aromatic heterocycles. The average Bonchev–Trinajstić information content (AvgIpc) is 3.32. The van der Waals surface area contributed by atoms with Gasteiger partial charge in [0.2, 0.25) is 5.91 Å². The minimum absolute atomic E-state index is 0.192. The van der Waals surface area contributed by atoms with Gasteiger partial charge in [-0.05, 0) is 73.9 Å². The Hall–Kier alpha value is -3.58. The Labute approximate surface area is 191 Å². The predicted molar refractivity (Wildman–Crippen MR) is 124 cm³/mol. The molecular formula is C24H24ClN3O4.